The number of rotatable bonds is 5. The van der Waals surface area contributed by atoms with Crippen molar-refractivity contribution in [2.24, 2.45) is 45.3 Å². The van der Waals surface area contributed by atoms with Gasteiger partial charge in [-0.25, -0.2) is 0 Å². The smallest absolute Gasteiger partial charge is 0.0651 e. The summed E-state index contributed by atoms with van der Waals surface area (Å²) in [6, 6.07) is 0. The van der Waals surface area contributed by atoms with Crippen molar-refractivity contribution in [2.45, 2.75) is 143 Å². The number of aliphatic hydroxyl groups is 5. The summed E-state index contributed by atoms with van der Waals surface area (Å²) in [5.74, 6) is 0.279. The summed E-state index contributed by atoms with van der Waals surface area (Å²) in [7, 11) is 0. The molecule has 35 heavy (non-hydrogen) atoms. The first-order valence-corrected chi connectivity index (χ1v) is 14.3. The zero-order chi connectivity index (χ0) is 26.4. The Hall–Kier alpha value is -0.200. The lowest BCUT2D eigenvalue weighted by atomic mass is 9.34. The highest BCUT2D eigenvalue weighted by atomic mass is 16.3. The third kappa shape index (κ3) is 4.06. The van der Waals surface area contributed by atoms with E-state index in [0.717, 1.165) is 32.1 Å². The summed E-state index contributed by atoms with van der Waals surface area (Å²) in [4.78, 5) is 0. The average molecular weight is 495 g/mol. The summed E-state index contributed by atoms with van der Waals surface area (Å²) in [6.07, 6.45) is 5.51. The van der Waals surface area contributed by atoms with Crippen LogP contribution >= 0.6 is 0 Å². The summed E-state index contributed by atoms with van der Waals surface area (Å²) in [6.45, 7) is 16.8. The molecule has 4 rings (SSSR count). The third-order valence-corrected chi connectivity index (χ3v) is 12.5. The Morgan fingerprint density at radius 2 is 1.43 bits per heavy atom. The van der Waals surface area contributed by atoms with Gasteiger partial charge in [-0.3, -0.25) is 0 Å². The second-order valence-electron chi connectivity index (χ2n) is 15.5. The van der Waals surface area contributed by atoms with Crippen molar-refractivity contribution in [3.8, 4) is 0 Å². The van der Waals surface area contributed by atoms with Gasteiger partial charge in [-0.15, -0.1) is 0 Å². The van der Waals surface area contributed by atoms with Gasteiger partial charge in [0.1, 0.15) is 0 Å². The van der Waals surface area contributed by atoms with Crippen LogP contribution in [0.3, 0.4) is 0 Å². The Labute approximate surface area is 213 Å². The molecule has 0 saturated heterocycles. The van der Waals surface area contributed by atoms with Gasteiger partial charge in [-0.05, 0) is 124 Å². The predicted molar refractivity (Wildman–Crippen MR) is 139 cm³/mol. The van der Waals surface area contributed by atoms with Gasteiger partial charge in [0.05, 0.1) is 29.5 Å². The average Bonchev–Trinajstić information content (AvgIpc) is 3.07. The van der Waals surface area contributed by atoms with E-state index in [1.807, 2.05) is 20.8 Å². The Bertz CT molecular complexity index is 801. The molecule has 0 heterocycles. The van der Waals surface area contributed by atoms with E-state index in [2.05, 4.69) is 34.6 Å². The van der Waals surface area contributed by atoms with Crippen LogP contribution in [0.4, 0.5) is 0 Å². The van der Waals surface area contributed by atoms with Crippen molar-refractivity contribution in [2.75, 3.05) is 0 Å². The Morgan fingerprint density at radius 3 is 2.03 bits per heavy atom. The van der Waals surface area contributed by atoms with Gasteiger partial charge in [0.25, 0.3) is 0 Å². The summed E-state index contributed by atoms with van der Waals surface area (Å²) in [5.41, 5.74) is -2.45. The fraction of sp³-hybridized carbons (Fsp3) is 1.00. The van der Waals surface area contributed by atoms with Crippen LogP contribution in [-0.4, -0.2) is 55.0 Å². The third-order valence-electron chi connectivity index (χ3n) is 12.5. The van der Waals surface area contributed by atoms with E-state index in [1.54, 1.807) is 0 Å². The van der Waals surface area contributed by atoms with Gasteiger partial charge in [-0.2, -0.15) is 0 Å². The van der Waals surface area contributed by atoms with Crippen molar-refractivity contribution in [3.05, 3.63) is 0 Å². The largest absolute Gasteiger partial charge is 0.393 e. The van der Waals surface area contributed by atoms with Crippen LogP contribution < -0.4 is 0 Å². The molecule has 11 atom stereocenters. The van der Waals surface area contributed by atoms with Crippen molar-refractivity contribution in [1.82, 2.24) is 0 Å². The topological polar surface area (TPSA) is 101 Å². The van der Waals surface area contributed by atoms with E-state index in [9.17, 15) is 25.5 Å². The molecule has 5 heteroatoms. The molecule has 0 aromatic carbocycles. The molecule has 5 nitrogen and oxygen atoms in total. The maximum Gasteiger partial charge on any atom is 0.0651 e. The van der Waals surface area contributed by atoms with Crippen LogP contribution in [0.1, 0.15) is 113 Å². The van der Waals surface area contributed by atoms with E-state index in [-0.39, 0.29) is 45.3 Å². The van der Waals surface area contributed by atoms with Crippen LogP contribution in [0.25, 0.3) is 0 Å². The fourth-order valence-electron chi connectivity index (χ4n) is 10.7. The van der Waals surface area contributed by atoms with E-state index < -0.39 is 29.5 Å². The quantitative estimate of drug-likeness (QED) is 0.382. The first-order valence-electron chi connectivity index (χ1n) is 14.3. The minimum atomic E-state index is -0.894. The van der Waals surface area contributed by atoms with Gasteiger partial charge >= 0.3 is 0 Å². The van der Waals surface area contributed by atoms with Crippen molar-refractivity contribution in [1.29, 1.82) is 0 Å². The molecule has 5 N–H and O–H groups in total. The highest BCUT2D eigenvalue weighted by Crippen LogP contribution is 2.75. The molecule has 4 aliphatic carbocycles. The fourth-order valence-corrected chi connectivity index (χ4v) is 10.7. The number of hydrogen-bond donors (Lipinski definition) is 5. The van der Waals surface area contributed by atoms with Gasteiger partial charge < -0.3 is 25.5 Å². The molecule has 204 valence electrons. The highest BCUT2D eigenvalue weighted by molar-refractivity contribution is 5.21. The van der Waals surface area contributed by atoms with Crippen molar-refractivity contribution in [3.63, 3.8) is 0 Å². The Morgan fingerprint density at radius 1 is 0.800 bits per heavy atom. The maximum atomic E-state index is 11.8. The maximum absolute atomic E-state index is 11.8. The zero-order valence-electron chi connectivity index (χ0n) is 23.6. The molecule has 0 spiro atoms. The Kier molecular flexibility index (Phi) is 6.68. The summed E-state index contributed by atoms with van der Waals surface area (Å²) in [5, 5.41) is 56.2. The van der Waals surface area contributed by atoms with Gasteiger partial charge in [0.2, 0.25) is 0 Å². The van der Waals surface area contributed by atoms with E-state index in [4.69, 9.17) is 0 Å². The predicted octanol–water partition coefficient (Wildman–Crippen LogP) is 4.67. The first kappa shape index (κ1) is 27.8. The van der Waals surface area contributed by atoms with Gasteiger partial charge in [-0.1, -0.05) is 34.6 Å². The molecule has 4 fully saturated rings. The molecular weight excluding hydrogens is 440 g/mol. The zero-order valence-corrected chi connectivity index (χ0v) is 23.6. The molecular formula is C30H54O5. The number of aliphatic hydroxyl groups excluding tert-OH is 3. The molecule has 4 saturated carbocycles. The molecule has 0 amide bonds. The van der Waals surface area contributed by atoms with E-state index in [0.29, 0.717) is 25.7 Å². The normalized spacial score (nSPS) is 51.2. The van der Waals surface area contributed by atoms with Crippen LogP contribution in [-0.2, 0) is 0 Å². The second-order valence-corrected chi connectivity index (χ2v) is 15.5. The van der Waals surface area contributed by atoms with E-state index in [1.165, 1.54) is 0 Å². The molecule has 0 aromatic heterocycles. The lowest BCUT2D eigenvalue weighted by molar-refractivity contribution is -0.274. The van der Waals surface area contributed by atoms with Gasteiger partial charge in [0.15, 0.2) is 0 Å². The molecule has 0 aliphatic heterocycles. The van der Waals surface area contributed by atoms with Crippen molar-refractivity contribution >= 4 is 0 Å². The Balaban J connectivity index is 1.66. The lowest BCUT2D eigenvalue weighted by Crippen LogP contribution is -2.69. The monoisotopic (exact) mass is 494 g/mol. The second kappa shape index (κ2) is 8.40. The standard InChI is InChI=1S/C30H54O5/c1-25(2,34)12-9-13-30(8,35)18-10-15-28(6)23(18)19(31)16-21-27(5)14-11-22(33)26(3,4)24(27)20(32)17-29(21,28)7/h18-24,31-35H,9-17H2,1-8H3/t18-,19+,20-,21+,22-,23-,24?,27+,28-,29+,30-/m0/s1. The highest BCUT2D eigenvalue weighted by Gasteiger charge is 2.72. The molecule has 1 unspecified atom stereocenters. The van der Waals surface area contributed by atoms with Crippen LogP contribution in [0, 0.1) is 45.3 Å². The van der Waals surface area contributed by atoms with Gasteiger partial charge in [0, 0.05) is 0 Å². The molecule has 0 bridgehead atoms. The SMILES string of the molecule is CC(C)(O)CCC[C@](C)(O)[C@H]1CC[C@@]2(C)[C@@H]1[C@H](O)C[C@@H]1[C@@]3(C)CC[C@H](O)C(C)(C)C3[C@@H](O)C[C@]12C. The molecule has 4 aliphatic rings. The molecule has 0 radical (unpaired) electrons. The number of hydrogen-bond acceptors (Lipinski definition) is 5. The summed E-state index contributed by atoms with van der Waals surface area (Å²) < 4.78 is 0. The minimum absolute atomic E-state index is 0.00423. The summed E-state index contributed by atoms with van der Waals surface area (Å²) >= 11 is 0. The van der Waals surface area contributed by atoms with Crippen LogP contribution in [0.5, 0.6) is 0 Å². The van der Waals surface area contributed by atoms with Crippen LogP contribution in [0.15, 0.2) is 0 Å². The lowest BCUT2D eigenvalue weighted by Gasteiger charge is -2.71. The minimum Gasteiger partial charge on any atom is -0.393 e. The first-order chi connectivity index (χ1) is 15.8. The van der Waals surface area contributed by atoms with Crippen LogP contribution in [0.2, 0.25) is 0 Å². The molecule has 0 aromatic rings. The van der Waals surface area contributed by atoms with Crippen molar-refractivity contribution < 1.29 is 25.5 Å². The number of fused-ring (bicyclic) bond motifs is 5. The van der Waals surface area contributed by atoms with E-state index >= 15 is 0 Å².